The second-order valence-corrected chi connectivity index (χ2v) is 26.0. The molecule has 0 rings (SSSR count). The average molecular weight is 1140 g/mol. The van der Waals surface area contributed by atoms with Crippen LogP contribution in [-0.2, 0) is 18.4 Å². The summed E-state index contributed by atoms with van der Waals surface area (Å²) in [4.78, 5) is 23.5. The van der Waals surface area contributed by atoms with Gasteiger partial charge in [0.1, 0.15) is 13.2 Å². The summed E-state index contributed by atoms with van der Waals surface area (Å²) in [5, 5.41) is 14.1. The SMILES string of the molecule is CC/C=C\C/C=C\C/C=C\C/C=C\C/C=C\C/C=C\CCCCCCCCCCCCCCCCC(=O)NC(COP(=O)(O)OCC[N+](C)(C)C)C(O)CCCCCCCCCCCCCCCCCCCCCCCCCCC. The van der Waals surface area contributed by atoms with Gasteiger partial charge in [0.2, 0.25) is 5.91 Å². The van der Waals surface area contributed by atoms with Crippen molar-refractivity contribution in [2.24, 2.45) is 0 Å². The van der Waals surface area contributed by atoms with Gasteiger partial charge in [-0.1, -0.05) is 324 Å². The van der Waals surface area contributed by atoms with Crippen LogP contribution in [0.5, 0.6) is 0 Å². The fourth-order valence-electron chi connectivity index (χ4n) is 10.2. The largest absolute Gasteiger partial charge is 0.472 e. The quantitative estimate of drug-likeness (QED) is 0.0243. The van der Waals surface area contributed by atoms with Gasteiger partial charge in [-0.3, -0.25) is 13.8 Å². The zero-order valence-electron chi connectivity index (χ0n) is 53.6. The molecule has 0 radical (unpaired) electrons. The molecule has 3 N–H and O–H groups in total. The molecule has 0 aromatic carbocycles. The van der Waals surface area contributed by atoms with E-state index < -0.39 is 20.0 Å². The van der Waals surface area contributed by atoms with Crippen molar-refractivity contribution in [3.63, 3.8) is 0 Å². The Bertz CT molecular complexity index is 1530. The van der Waals surface area contributed by atoms with Gasteiger partial charge < -0.3 is 19.8 Å². The van der Waals surface area contributed by atoms with Crippen molar-refractivity contribution in [3.05, 3.63) is 72.9 Å². The van der Waals surface area contributed by atoms with E-state index in [2.05, 4.69) is 92.1 Å². The van der Waals surface area contributed by atoms with Gasteiger partial charge in [0.05, 0.1) is 39.9 Å². The summed E-state index contributed by atoms with van der Waals surface area (Å²) in [5.74, 6) is -0.143. The first-order valence-electron chi connectivity index (χ1n) is 34.3. The number of carbonyl (C=O) groups excluding carboxylic acids is 1. The first-order chi connectivity index (χ1) is 39.0. The summed E-state index contributed by atoms with van der Waals surface area (Å²) in [6.45, 7) is 4.81. The zero-order chi connectivity index (χ0) is 58.4. The van der Waals surface area contributed by atoms with Crippen LogP contribution < -0.4 is 5.32 Å². The Labute approximate surface area is 497 Å². The van der Waals surface area contributed by atoms with Crippen LogP contribution in [0.3, 0.4) is 0 Å². The lowest BCUT2D eigenvalue weighted by atomic mass is 10.0. The number of allylic oxidation sites excluding steroid dienone is 12. The van der Waals surface area contributed by atoms with Crippen LogP contribution in [0.25, 0.3) is 0 Å². The van der Waals surface area contributed by atoms with E-state index in [4.69, 9.17) is 9.05 Å². The van der Waals surface area contributed by atoms with Crippen LogP contribution in [0.4, 0.5) is 0 Å². The number of unbranched alkanes of at least 4 members (excludes halogenated alkanes) is 38. The zero-order valence-corrected chi connectivity index (χ0v) is 54.5. The summed E-state index contributed by atoms with van der Waals surface area (Å²) in [6.07, 6.45) is 85.6. The van der Waals surface area contributed by atoms with Crippen LogP contribution in [0.15, 0.2) is 72.9 Å². The molecule has 3 unspecified atom stereocenters. The molecule has 0 spiro atoms. The lowest BCUT2D eigenvalue weighted by Crippen LogP contribution is -2.46. The molecule has 9 heteroatoms. The van der Waals surface area contributed by atoms with Crippen LogP contribution >= 0.6 is 7.82 Å². The molecule has 0 aliphatic heterocycles. The molecule has 468 valence electrons. The van der Waals surface area contributed by atoms with E-state index in [9.17, 15) is 19.4 Å². The number of rotatable bonds is 63. The van der Waals surface area contributed by atoms with E-state index in [0.29, 0.717) is 23.9 Å². The summed E-state index contributed by atoms with van der Waals surface area (Å²) in [7, 11) is 1.62. The molecule has 3 atom stereocenters. The Morgan fingerprint density at radius 2 is 0.750 bits per heavy atom. The molecular formula is C71H134N2O6P+. The van der Waals surface area contributed by atoms with E-state index in [1.165, 1.54) is 218 Å². The van der Waals surface area contributed by atoms with E-state index >= 15 is 0 Å². The van der Waals surface area contributed by atoms with Crippen molar-refractivity contribution in [3.8, 4) is 0 Å². The Kier molecular flexibility index (Phi) is 59.9. The highest BCUT2D eigenvalue weighted by molar-refractivity contribution is 7.47. The second-order valence-electron chi connectivity index (χ2n) is 24.5. The van der Waals surface area contributed by atoms with Gasteiger partial charge in [0, 0.05) is 6.42 Å². The van der Waals surface area contributed by atoms with Crippen LogP contribution in [0.1, 0.15) is 322 Å². The monoisotopic (exact) mass is 1140 g/mol. The molecular weight excluding hydrogens is 1010 g/mol. The topological polar surface area (TPSA) is 105 Å². The molecule has 0 aromatic rings. The van der Waals surface area contributed by atoms with E-state index in [1.807, 2.05) is 21.1 Å². The Morgan fingerprint density at radius 3 is 1.10 bits per heavy atom. The van der Waals surface area contributed by atoms with E-state index in [1.54, 1.807) is 0 Å². The molecule has 0 aliphatic rings. The van der Waals surface area contributed by atoms with Gasteiger partial charge in [-0.05, 0) is 64.2 Å². The van der Waals surface area contributed by atoms with Crippen molar-refractivity contribution < 1.29 is 32.9 Å². The molecule has 1 amide bonds. The normalized spacial score (nSPS) is 14.1. The average Bonchev–Trinajstić information content (AvgIpc) is 3.42. The smallest absolute Gasteiger partial charge is 0.391 e. The first-order valence-corrected chi connectivity index (χ1v) is 35.8. The van der Waals surface area contributed by atoms with E-state index in [-0.39, 0.29) is 19.1 Å². The van der Waals surface area contributed by atoms with Gasteiger partial charge in [-0.25, -0.2) is 4.57 Å². The number of carbonyl (C=O) groups is 1. The van der Waals surface area contributed by atoms with Gasteiger partial charge >= 0.3 is 7.82 Å². The molecule has 0 fully saturated rings. The maximum atomic E-state index is 13.1. The number of nitrogens with one attached hydrogen (secondary N) is 1. The summed E-state index contributed by atoms with van der Waals surface area (Å²) in [5.41, 5.74) is 0. The predicted molar refractivity (Wildman–Crippen MR) is 350 cm³/mol. The Morgan fingerprint density at radius 1 is 0.438 bits per heavy atom. The highest BCUT2D eigenvalue weighted by atomic mass is 31.2. The Balaban J connectivity index is 4.05. The van der Waals surface area contributed by atoms with Crippen LogP contribution in [0.2, 0.25) is 0 Å². The highest BCUT2D eigenvalue weighted by Crippen LogP contribution is 2.43. The van der Waals surface area contributed by atoms with Crippen molar-refractivity contribution in [1.29, 1.82) is 0 Å². The minimum absolute atomic E-state index is 0.0736. The third-order valence-electron chi connectivity index (χ3n) is 15.5. The molecule has 0 bridgehead atoms. The number of phosphoric ester groups is 1. The number of likely N-dealkylation sites (N-methyl/N-ethyl adjacent to an activating group) is 1. The minimum Gasteiger partial charge on any atom is -0.391 e. The summed E-state index contributed by atoms with van der Waals surface area (Å²) in [6, 6.07) is -0.765. The molecule has 0 aliphatic carbocycles. The van der Waals surface area contributed by atoms with E-state index in [0.717, 1.165) is 77.0 Å². The van der Waals surface area contributed by atoms with Crippen molar-refractivity contribution in [2.75, 3.05) is 40.9 Å². The van der Waals surface area contributed by atoms with Crippen molar-refractivity contribution >= 4 is 13.7 Å². The maximum absolute atomic E-state index is 13.1. The van der Waals surface area contributed by atoms with Gasteiger partial charge in [0.25, 0.3) is 0 Å². The second kappa shape index (κ2) is 61.5. The number of hydrogen-bond donors (Lipinski definition) is 3. The van der Waals surface area contributed by atoms with Crippen molar-refractivity contribution in [1.82, 2.24) is 5.32 Å². The summed E-state index contributed by atoms with van der Waals surface area (Å²) < 4.78 is 23.9. The molecule has 80 heavy (non-hydrogen) atoms. The number of aliphatic hydroxyl groups is 1. The lowest BCUT2D eigenvalue weighted by molar-refractivity contribution is -0.870. The van der Waals surface area contributed by atoms with Crippen molar-refractivity contribution in [2.45, 2.75) is 334 Å². The number of aliphatic hydroxyl groups excluding tert-OH is 1. The predicted octanol–water partition coefficient (Wildman–Crippen LogP) is 21.8. The molecule has 0 saturated carbocycles. The summed E-state index contributed by atoms with van der Waals surface area (Å²) >= 11 is 0. The van der Waals surface area contributed by atoms with Crippen LogP contribution in [0, 0.1) is 0 Å². The van der Waals surface area contributed by atoms with Gasteiger partial charge in [0.15, 0.2) is 0 Å². The maximum Gasteiger partial charge on any atom is 0.472 e. The lowest BCUT2D eigenvalue weighted by Gasteiger charge is -2.26. The fourth-order valence-corrected chi connectivity index (χ4v) is 10.9. The number of nitrogens with zero attached hydrogens (tertiary/aromatic N) is 1. The number of phosphoric acid groups is 1. The number of amides is 1. The first kappa shape index (κ1) is 77.9. The standard InChI is InChI=1S/C71H133N2O6P/c1-6-8-10-12-14-16-18-20-22-24-26-28-30-32-33-34-35-36-37-38-39-41-43-45-47-49-51-53-55-57-59-61-63-65-71(75)72-69(68-79-80(76,77)78-67-66-73(3,4)5)70(74)64-62-60-58-56-54-52-50-48-46-44-42-40-31-29-27-25-23-21-19-17-15-13-11-9-7-2/h8,10,14,16,20,22,26,28,32-33,35-36,69-70,74H,6-7,9,11-13,15,17-19,21,23-25,27,29-31,34,37-68H2,1-5H3,(H-,72,75,76,77)/p+1/b10-8-,16-14-,22-20-,28-26-,33-32-,36-35-. The molecule has 8 nitrogen and oxygen atoms in total. The third kappa shape index (κ3) is 63.5. The highest BCUT2D eigenvalue weighted by Gasteiger charge is 2.28. The molecule has 0 aromatic heterocycles. The molecule has 0 heterocycles. The van der Waals surface area contributed by atoms with Gasteiger partial charge in [-0.15, -0.1) is 0 Å². The Hall–Kier alpha value is -2.06. The van der Waals surface area contributed by atoms with Gasteiger partial charge in [-0.2, -0.15) is 0 Å². The van der Waals surface area contributed by atoms with Crippen LogP contribution in [-0.4, -0.2) is 73.4 Å². The number of quaternary nitrogens is 1. The molecule has 0 saturated heterocycles. The number of hydrogen-bond acceptors (Lipinski definition) is 5. The third-order valence-corrected chi connectivity index (χ3v) is 16.5. The fraction of sp³-hybridized carbons (Fsp3) is 0.817. The minimum atomic E-state index is -4.33.